The molecule has 3 heteroatoms. The molecule has 0 radical (unpaired) electrons. The van der Waals surface area contributed by atoms with E-state index in [1.54, 1.807) is 6.07 Å². The molecule has 0 aromatic heterocycles. The molecule has 0 saturated heterocycles. The van der Waals surface area contributed by atoms with E-state index in [1.807, 2.05) is 42.6 Å². The van der Waals surface area contributed by atoms with Crippen molar-refractivity contribution in [1.82, 2.24) is 0 Å². The number of benzene rings is 2. The van der Waals surface area contributed by atoms with Crippen molar-refractivity contribution in [2.75, 3.05) is 6.61 Å². The van der Waals surface area contributed by atoms with E-state index in [0.29, 0.717) is 17.9 Å². The lowest BCUT2D eigenvalue weighted by atomic mass is 10.1. The lowest BCUT2D eigenvalue weighted by Crippen LogP contribution is -2.07. The molecule has 0 atom stereocenters. The van der Waals surface area contributed by atoms with Crippen LogP contribution in [-0.4, -0.2) is 18.8 Å². The first-order valence-corrected chi connectivity index (χ1v) is 9.14. The summed E-state index contributed by atoms with van der Waals surface area (Å²) in [6.07, 6.45) is 8.10. The number of esters is 1. The van der Waals surface area contributed by atoms with Gasteiger partial charge >= 0.3 is 5.97 Å². The number of carbonyl (C=O) groups is 1. The number of nitrogens with zero attached hydrogens (tertiary/aromatic N) is 1. The van der Waals surface area contributed by atoms with Gasteiger partial charge in [-0.2, -0.15) is 0 Å². The van der Waals surface area contributed by atoms with Crippen molar-refractivity contribution in [3.05, 3.63) is 65.7 Å². The van der Waals surface area contributed by atoms with Gasteiger partial charge in [-0.3, -0.25) is 4.99 Å². The minimum absolute atomic E-state index is 0.297. The Morgan fingerprint density at radius 1 is 1.00 bits per heavy atom. The van der Waals surface area contributed by atoms with Crippen molar-refractivity contribution < 1.29 is 9.53 Å². The van der Waals surface area contributed by atoms with E-state index in [9.17, 15) is 4.79 Å². The Morgan fingerprint density at radius 2 is 1.76 bits per heavy atom. The molecule has 0 aliphatic carbocycles. The average Bonchev–Trinajstić information content (AvgIpc) is 2.66. The third-order valence-corrected chi connectivity index (χ3v) is 3.98. The van der Waals surface area contributed by atoms with Crippen molar-refractivity contribution in [2.24, 2.45) is 4.99 Å². The summed E-state index contributed by atoms with van der Waals surface area (Å²) in [6.45, 7) is 2.60. The second kappa shape index (κ2) is 11.2. The molecule has 0 aliphatic heterocycles. The van der Waals surface area contributed by atoms with E-state index in [2.05, 4.69) is 24.0 Å². The quantitative estimate of drug-likeness (QED) is 0.314. The zero-order valence-corrected chi connectivity index (χ0v) is 15.0. The Labute approximate surface area is 150 Å². The minimum Gasteiger partial charge on any atom is -0.462 e. The normalized spacial score (nSPS) is 10.9. The highest BCUT2D eigenvalue weighted by Gasteiger charge is 2.11. The topological polar surface area (TPSA) is 38.7 Å². The summed E-state index contributed by atoms with van der Waals surface area (Å²) in [5.74, 6) is -0.297. The molecule has 3 nitrogen and oxygen atoms in total. The summed E-state index contributed by atoms with van der Waals surface area (Å²) in [7, 11) is 0. The number of hydrogen-bond donors (Lipinski definition) is 0. The molecule has 0 fully saturated rings. The van der Waals surface area contributed by atoms with E-state index in [1.165, 1.54) is 18.4 Å². The maximum atomic E-state index is 12.3. The van der Waals surface area contributed by atoms with Crippen LogP contribution in [0.4, 0.5) is 5.69 Å². The highest BCUT2D eigenvalue weighted by molar-refractivity contribution is 5.95. The second-order valence-electron chi connectivity index (χ2n) is 6.05. The standard InChI is InChI=1S/C22H27NO2/c1-2-3-4-10-17-23-21-16-9-8-15-20(21)22(24)25-18-11-14-19-12-6-5-7-13-19/h5-9,12-13,15-17H,2-4,10-11,14,18H2,1H3. The van der Waals surface area contributed by atoms with Crippen LogP contribution in [0.15, 0.2) is 59.6 Å². The smallest absolute Gasteiger partial charge is 0.340 e. The maximum absolute atomic E-state index is 12.3. The molecule has 2 aromatic rings. The van der Waals surface area contributed by atoms with Crippen molar-refractivity contribution in [3.8, 4) is 0 Å². The fourth-order valence-electron chi connectivity index (χ4n) is 2.57. The van der Waals surface area contributed by atoms with Crippen molar-refractivity contribution in [1.29, 1.82) is 0 Å². The number of unbranched alkanes of at least 4 members (excludes halogenated alkanes) is 3. The van der Waals surface area contributed by atoms with Crippen LogP contribution in [0.1, 0.15) is 54.9 Å². The molecule has 0 aliphatic rings. The SMILES string of the molecule is CCCCCC=Nc1ccccc1C(=O)OCCCc1ccccc1. The molecular formula is C22H27NO2. The highest BCUT2D eigenvalue weighted by atomic mass is 16.5. The Balaban J connectivity index is 1.82. The predicted molar refractivity (Wildman–Crippen MR) is 104 cm³/mol. The highest BCUT2D eigenvalue weighted by Crippen LogP contribution is 2.19. The van der Waals surface area contributed by atoms with Gasteiger partial charge < -0.3 is 4.74 Å². The summed E-state index contributed by atoms with van der Waals surface area (Å²) in [5, 5.41) is 0. The number of para-hydroxylation sites is 1. The van der Waals surface area contributed by atoms with Gasteiger partial charge in [0.15, 0.2) is 0 Å². The van der Waals surface area contributed by atoms with Crippen LogP contribution >= 0.6 is 0 Å². The summed E-state index contributed by atoms with van der Waals surface area (Å²) in [5.41, 5.74) is 2.48. The predicted octanol–water partition coefficient (Wildman–Crippen LogP) is 5.76. The van der Waals surface area contributed by atoms with Crippen molar-refractivity contribution in [3.63, 3.8) is 0 Å². The van der Waals surface area contributed by atoms with Crippen LogP contribution in [-0.2, 0) is 11.2 Å². The van der Waals surface area contributed by atoms with Crippen LogP contribution in [0.2, 0.25) is 0 Å². The van der Waals surface area contributed by atoms with Gasteiger partial charge in [0.1, 0.15) is 0 Å². The first kappa shape index (κ1) is 18.9. The zero-order valence-electron chi connectivity index (χ0n) is 15.0. The minimum atomic E-state index is -0.297. The Morgan fingerprint density at radius 3 is 2.56 bits per heavy atom. The first-order valence-electron chi connectivity index (χ1n) is 9.14. The molecule has 0 N–H and O–H groups in total. The molecule has 0 spiro atoms. The number of hydrogen-bond acceptors (Lipinski definition) is 3. The molecule has 132 valence electrons. The third kappa shape index (κ3) is 6.92. The van der Waals surface area contributed by atoms with Crippen LogP contribution < -0.4 is 0 Å². The number of carbonyl (C=O) groups excluding carboxylic acids is 1. The van der Waals surface area contributed by atoms with Crippen LogP contribution in [0.3, 0.4) is 0 Å². The lowest BCUT2D eigenvalue weighted by Gasteiger charge is -2.07. The van der Waals surface area contributed by atoms with Gasteiger partial charge in [-0.25, -0.2) is 4.79 Å². The van der Waals surface area contributed by atoms with Gasteiger partial charge in [-0.05, 0) is 43.4 Å². The van der Waals surface area contributed by atoms with Crippen molar-refractivity contribution >= 4 is 17.9 Å². The molecule has 2 rings (SSSR count). The van der Waals surface area contributed by atoms with Crippen LogP contribution in [0.25, 0.3) is 0 Å². The van der Waals surface area contributed by atoms with E-state index in [4.69, 9.17) is 4.74 Å². The molecule has 0 amide bonds. The van der Waals surface area contributed by atoms with E-state index in [0.717, 1.165) is 25.7 Å². The van der Waals surface area contributed by atoms with Crippen LogP contribution in [0, 0.1) is 0 Å². The monoisotopic (exact) mass is 337 g/mol. The van der Waals surface area contributed by atoms with E-state index < -0.39 is 0 Å². The van der Waals surface area contributed by atoms with Crippen molar-refractivity contribution in [2.45, 2.75) is 45.4 Å². The van der Waals surface area contributed by atoms with Gasteiger partial charge in [0.2, 0.25) is 0 Å². The van der Waals surface area contributed by atoms with E-state index >= 15 is 0 Å². The Kier molecular flexibility index (Phi) is 8.46. The molecule has 25 heavy (non-hydrogen) atoms. The van der Waals surface area contributed by atoms with E-state index in [-0.39, 0.29) is 5.97 Å². The molecule has 2 aromatic carbocycles. The second-order valence-corrected chi connectivity index (χ2v) is 6.05. The number of rotatable bonds is 10. The summed E-state index contributed by atoms with van der Waals surface area (Å²) < 4.78 is 5.42. The molecule has 0 unspecified atom stereocenters. The number of ether oxygens (including phenoxy) is 1. The molecular weight excluding hydrogens is 310 g/mol. The summed E-state index contributed by atoms with van der Waals surface area (Å²) in [4.78, 5) is 16.8. The molecule has 0 heterocycles. The fourth-order valence-corrected chi connectivity index (χ4v) is 2.57. The van der Waals surface area contributed by atoms with Gasteiger partial charge in [-0.1, -0.05) is 62.2 Å². The number of aliphatic imine (C=N–C) groups is 1. The molecule has 0 saturated carbocycles. The largest absolute Gasteiger partial charge is 0.462 e. The Hall–Kier alpha value is -2.42. The maximum Gasteiger partial charge on any atom is 0.340 e. The van der Waals surface area contributed by atoms with Gasteiger partial charge in [0, 0.05) is 6.21 Å². The van der Waals surface area contributed by atoms with Gasteiger partial charge in [-0.15, -0.1) is 0 Å². The fraction of sp³-hybridized carbons (Fsp3) is 0.364. The average molecular weight is 337 g/mol. The third-order valence-electron chi connectivity index (χ3n) is 3.98. The first-order chi connectivity index (χ1) is 12.3. The van der Waals surface area contributed by atoms with Crippen LogP contribution in [0.5, 0.6) is 0 Å². The summed E-state index contributed by atoms with van der Waals surface area (Å²) >= 11 is 0. The summed E-state index contributed by atoms with van der Waals surface area (Å²) in [6, 6.07) is 17.6. The number of aryl methyl sites for hydroxylation is 1. The Bertz CT molecular complexity index is 665. The zero-order chi connectivity index (χ0) is 17.7. The van der Waals surface area contributed by atoms with Gasteiger partial charge in [0.05, 0.1) is 17.9 Å². The molecule has 0 bridgehead atoms. The lowest BCUT2D eigenvalue weighted by molar-refractivity contribution is 0.0501. The van der Waals surface area contributed by atoms with Gasteiger partial charge in [0.25, 0.3) is 0 Å².